The number of nitrogens with zero attached hydrogens (tertiary/aromatic N) is 3. The van der Waals surface area contributed by atoms with Gasteiger partial charge < -0.3 is 30.3 Å². The number of nitrogens with one attached hydrogen (secondary N) is 2. The molecule has 4 N–H and O–H groups in total. The van der Waals surface area contributed by atoms with E-state index in [1.165, 1.54) is 0 Å². The van der Waals surface area contributed by atoms with Gasteiger partial charge in [0, 0.05) is 12.2 Å². The molecule has 1 aliphatic heterocycles. The van der Waals surface area contributed by atoms with E-state index in [0.29, 0.717) is 36.5 Å². The number of hydrogen-bond acceptors (Lipinski definition) is 7. The van der Waals surface area contributed by atoms with Crippen molar-refractivity contribution in [2.75, 3.05) is 19.0 Å². The molecule has 0 spiro atoms. The highest BCUT2D eigenvalue weighted by molar-refractivity contribution is 5.89. The molecule has 2 amide bonds. The highest BCUT2D eigenvalue weighted by Crippen LogP contribution is 2.37. The van der Waals surface area contributed by atoms with Crippen LogP contribution in [0.3, 0.4) is 0 Å². The van der Waals surface area contributed by atoms with Gasteiger partial charge in [-0.2, -0.15) is 0 Å². The lowest BCUT2D eigenvalue weighted by Gasteiger charge is -2.36. The maximum Gasteiger partial charge on any atom is 0.319 e. The van der Waals surface area contributed by atoms with Gasteiger partial charge in [0.2, 0.25) is 0 Å². The summed E-state index contributed by atoms with van der Waals surface area (Å²) in [7, 11) is 1.59. The quantitative estimate of drug-likeness (QED) is 0.476. The van der Waals surface area contributed by atoms with Crippen molar-refractivity contribution in [3.63, 3.8) is 0 Å². The molecule has 1 saturated carbocycles. The first-order valence-corrected chi connectivity index (χ1v) is 11.6. The van der Waals surface area contributed by atoms with Crippen LogP contribution >= 0.6 is 0 Å². The molecule has 3 atom stereocenters. The van der Waals surface area contributed by atoms with Gasteiger partial charge in [0.15, 0.2) is 0 Å². The van der Waals surface area contributed by atoms with Gasteiger partial charge in [-0.1, -0.05) is 18.1 Å². The van der Waals surface area contributed by atoms with Crippen molar-refractivity contribution in [3.05, 3.63) is 36.2 Å². The summed E-state index contributed by atoms with van der Waals surface area (Å²) in [6.07, 6.45) is 6.96. The van der Waals surface area contributed by atoms with Gasteiger partial charge in [-0.25, -0.2) is 4.79 Å². The average molecular weight is 460 g/mol. The van der Waals surface area contributed by atoms with Gasteiger partial charge in [-0.15, -0.1) is 5.10 Å². The fourth-order valence-electron chi connectivity index (χ4n) is 4.63. The summed E-state index contributed by atoms with van der Waals surface area (Å²) in [5.74, 6) is 0.713. The van der Waals surface area contributed by atoms with Crippen LogP contribution in [-0.4, -0.2) is 63.2 Å². The van der Waals surface area contributed by atoms with Crippen LogP contribution in [0.25, 0.3) is 0 Å². The second-order valence-corrected chi connectivity index (χ2v) is 8.88. The predicted octanol–water partition coefficient (Wildman–Crippen LogP) is 2.17. The average Bonchev–Trinajstić information content (AvgIpc) is 3.49. The van der Waals surface area contributed by atoms with Gasteiger partial charge >= 0.3 is 6.03 Å². The molecule has 1 aliphatic carbocycles. The fraction of sp³-hybridized carbons (Fsp3) is 0.609. The zero-order valence-electron chi connectivity index (χ0n) is 18.9. The first kappa shape index (κ1) is 23.5. The topological polar surface area (TPSA) is 131 Å². The Morgan fingerprint density at radius 1 is 1.27 bits per heavy atom. The molecule has 180 valence electrons. The summed E-state index contributed by atoms with van der Waals surface area (Å²) < 4.78 is 12.9. The Balaban J connectivity index is 1.24. The highest BCUT2D eigenvalue weighted by Gasteiger charge is 2.36. The summed E-state index contributed by atoms with van der Waals surface area (Å²) in [4.78, 5) is 12.4. The number of rotatable bonds is 8. The lowest BCUT2D eigenvalue weighted by molar-refractivity contribution is -0.0905. The number of ether oxygens (including phenoxy) is 2. The Hall–Kier alpha value is -2.69. The Bertz CT molecular complexity index is 912. The normalized spacial score (nSPS) is 24.4. The van der Waals surface area contributed by atoms with Crippen molar-refractivity contribution in [2.45, 2.75) is 75.3 Å². The zero-order valence-corrected chi connectivity index (χ0v) is 18.9. The first-order chi connectivity index (χ1) is 16.0. The van der Waals surface area contributed by atoms with Crippen LogP contribution in [0.15, 0.2) is 30.5 Å². The van der Waals surface area contributed by atoms with Crippen LogP contribution in [0, 0.1) is 0 Å². The SMILES string of the molecule is COc1ccc(NC(=O)N[C@@H]2CC[C@@H](CCn3cc(C4(O)CCCC4)nn3)O[C@H]2CO)cc1. The Morgan fingerprint density at radius 3 is 2.73 bits per heavy atom. The monoisotopic (exact) mass is 459 g/mol. The van der Waals surface area contributed by atoms with E-state index >= 15 is 0 Å². The molecule has 0 radical (unpaired) electrons. The number of amides is 2. The molecule has 2 fully saturated rings. The number of carbonyl (C=O) groups is 1. The third-order valence-corrected chi connectivity index (χ3v) is 6.59. The molecule has 1 saturated heterocycles. The number of methoxy groups -OCH3 is 1. The molecule has 1 aromatic heterocycles. The Labute approximate surface area is 193 Å². The predicted molar refractivity (Wildman–Crippen MR) is 121 cm³/mol. The summed E-state index contributed by atoms with van der Waals surface area (Å²) in [6, 6.07) is 6.44. The number of carbonyl (C=O) groups excluding carboxylic acids is 1. The van der Waals surface area contributed by atoms with Gasteiger partial charge in [0.25, 0.3) is 0 Å². The number of aryl methyl sites for hydroxylation is 1. The van der Waals surface area contributed by atoms with Gasteiger partial charge in [0.05, 0.1) is 32.1 Å². The van der Waals surface area contributed by atoms with E-state index < -0.39 is 11.7 Å². The van der Waals surface area contributed by atoms with Crippen molar-refractivity contribution in [3.8, 4) is 5.75 Å². The maximum atomic E-state index is 12.4. The van der Waals surface area contributed by atoms with Crippen LogP contribution in [0.4, 0.5) is 10.5 Å². The third-order valence-electron chi connectivity index (χ3n) is 6.59. The summed E-state index contributed by atoms with van der Waals surface area (Å²) in [5.41, 5.74) is 0.454. The fourth-order valence-corrected chi connectivity index (χ4v) is 4.63. The van der Waals surface area contributed by atoms with Gasteiger partial charge in [-0.05, 0) is 56.4 Å². The summed E-state index contributed by atoms with van der Waals surface area (Å²) in [5, 5.41) is 34.5. The van der Waals surface area contributed by atoms with Crippen LogP contribution < -0.4 is 15.4 Å². The molecule has 10 heteroatoms. The maximum absolute atomic E-state index is 12.4. The minimum atomic E-state index is -0.840. The number of urea groups is 1. The minimum absolute atomic E-state index is 0.0490. The van der Waals surface area contributed by atoms with Crippen LogP contribution in [-0.2, 0) is 16.9 Å². The molecule has 4 rings (SSSR count). The second kappa shape index (κ2) is 10.5. The molecular weight excluding hydrogens is 426 g/mol. The van der Waals surface area contributed by atoms with Crippen LogP contribution in [0.2, 0.25) is 0 Å². The highest BCUT2D eigenvalue weighted by atomic mass is 16.5. The molecular formula is C23H33N5O5. The van der Waals surface area contributed by atoms with Crippen molar-refractivity contribution in [2.24, 2.45) is 0 Å². The number of aliphatic hydroxyl groups excluding tert-OH is 1. The van der Waals surface area contributed by atoms with Gasteiger partial charge in [0.1, 0.15) is 23.1 Å². The summed E-state index contributed by atoms with van der Waals surface area (Å²) >= 11 is 0. The van der Waals surface area contributed by atoms with Gasteiger partial charge in [-0.3, -0.25) is 4.68 Å². The van der Waals surface area contributed by atoms with E-state index in [1.807, 2.05) is 6.20 Å². The van der Waals surface area contributed by atoms with Crippen LogP contribution in [0.1, 0.15) is 50.6 Å². The van der Waals surface area contributed by atoms with Crippen LogP contribution in [0.5, 0.6) is 5.75 Å². The first-order valence-electron chi connectivity index (χ1n) is 11.6. The largest absolute Gasteiger partial charge is 0.497 e. The number of aromatic nitrogens is 3. The molecule has 0 bridgehead atoms. The number of aliphatic hydroxyl groups is 2. The molecule has 2 heterocycles. The Kier molecular flexibility index (Phi) is 7.46. The Morgan fingerprint density at radius 2 is 2.03 bits per heavy atom. The zero-order chi connectivity index (χ0) is 23.3. The molecule has 2 aliphatic rings. The van der Waals surface area contributed by atoms with E-state index in [9.17, 15) is 15.0 Å². The van der Waals surface area contributed by atoms with E-state index in [0.717, 1.165) is 32.1 Å². The van der Waals surface area contributed by atoms with E-state index in [-0.39, 0.29) is 24.8 Å². The number of benzene rings is 1. The summed E-state index contributed by atoms with van der Waals surface area (Å²) in [6.45, 7) is 0.437. The van der Waals surface area contributed by atoms with Crippen molar-refractivity contribution in [1.29, 1.82) is 0 Å². The van der Waals surface area contributed by atoms with Crippen molar-refractivity contribution >= 4 is 11.7 Å². The molecule has 33 heavy (non-hydrogen) atoms. The second-order valence-electron chi connectivity index (χ2n) is 8.88. The van der Waals surface area contributed by atoms with E-state index in [2.05, 4.69) is 20.9 Å². The number of anilines is 1. The minimum Gasteiger partial charge on any atom is -0.497 e. The molecule has 10 nitrogen and oxygen atoms in total. The number of hydrogen-bond donors (Lipinski definition) is 4. The van der Waals surface area contributed by atoms with Crippen molar-refractivity contribution in [1.82, 2.24) is 20.3 Å². The molecule has 1 aromatic carbocycles. The third kappa shape index (κ3) is 5.82. The molecule has 2 aromatic rings. The van der Waals surface area contributed by atoms with E-state index in [1.54, 1.807) is 36.1 Å². The van der Waals surface area contributed by atoms with E-state index in [4.69, 9.17) is 9.47 Å². The standard InChI is InChI=1S/C23H33N5O5/c1-32-17-6-4-16(5-7-17)24-22(30)25-19-9-8-18(33-20(19)15-29)10-13-28-14-21(26-27-28)23(31)11-2-3-12-23/h4-7,14,18-20,29,31H,2-3,8-13,15H2,1H3,(H2,24,25,30)/t18-,19+,20-/m0/s1. The van der Waals surface area contributed by atoms with Crippen molar-refractivity contribution < 1.29 is 24.5 Å². The lowest BCUT2D eigenvalue weighted by atomic mass is 9.97. The molecule has 0 unspecified atom stereocenters. The smallest absolute Gasteiger partial charge is 0.319 e. The lowest BCUT2D eigenvalue weighted by Crippen LogP contribution is -2.52.